The van der Waals surface area contributed by atoms with Crippen LogP contribution in [0.3, 0.4) is 0 Å². The van der Waals surface area contributed by atoms with Gasteiger partial charge in [-0.15, -0.1) is 0 Å². The van der Waals surface area contributed by atoms with Crippen LogP contribution in [-0.2, 0) is 16.9 Å². The highest BCUT2D eigenvalue weighted by molar-refractivity contribution is 5.83. The second kappa shape index (κ2) is 3.77. The lowest BCUT2D eigenvalue weighted by Gasteiger charge is -2.38. The predicted molar refractivity (Wildman–Crippen MR) is 56.1 cm³/mol. The van der Waals surface area contributed by atoms with Gasteiger partial charge in [0.05, 0.1) is 5.41 Å². The molecule has 0 unspecified atom stereocenters. The highest BCUT2D eigenvalue weighted by Gasteiger charge is 2.47. The van der Waals surface area contributed by atoms with E-state index in [9.17, 15) is 19.4 Å². The number of aromatic hydroxyl groups is 1. The summed E-state index contributed by atoms with van der Waals surface area (Å²) in [5, 5.41) is 18.9. The van der Waals surface area contributed by atoms with E-state index >= 15 is 0 Å². The Morgan fingerprint density at radius 1 is 1.44 bits per heavy atom. The molecule has 0 aliphatic heterocycles. The highest BCUT2D eigenvalue weighted by atomic mass is 19.1. The number of carboxylic acid groups (broad SMARTS) is 1. The molecule has 16 heavy (non-hydrogen) atoms. The zero-order valence-electron chi connectivity index (χ0n) is 8.74. The quantitative estimate of drug-likeness (QED) is 0.828. The molecule has 0 aromatic heterocycles. The van der Waals surface area contributed by atoms with Crippen LogP contribution >= 0.6 is 0 Å². The summed E-state index contributed by atoms with van der Waals surface area (Å²) in [6.45, 7) is -0.650. The number of rotatable bonds is 3. The number of carbonyl (C=O) groups is 1. The number of alkyl halides is 1. The maximum absolute atomic E-state index is 12.5. The predicted octanol–water partition coefficient (Wildman–Crippen LogP) is 2.37. The van der Waals surface area contributed by atoms with Crippen molar-refractivity contribution >= 4 is 5.97 Å². The molecule has 0 spiro atoms. The van der Waals surface area contributed by atoms with Crippen LogP contribution in [0, 0.1) is 0 Å². The summed E-state index contributed by atoms with van der Waals surface area (Å²) in [7, 11) is 0. The first-order valence-corrected chi connectivity index (χ1v) is 5.22. The van der Waals surface area contributed by atoms with E-state index in [0.717, 1.165) is 6.42 Å². The topological polar surface area (TPSA) is 57.5 Å². The van der Waals surface area contributed by atoms with Crippen molar-refractivity contribution in [2.45, 2.75) is 31.4 Å². The summed E-state index contributed by atoms with van der Waals surface area (Å²) in [6, 6.07) is 4.29. The van der Waals surface area contributed by atoms with Gasteiger partial charge in [0.15, 0.2) is 0 Å². The zero-order chi connectivity index (χ0) is 11.8. The Hall–Kier alpha value is -1.58. The highest BCUT2D eigenvalue weighted by Crippen LogP contribution is 2.47. The molecule has 86 valence electrons. The van der Waals surface area contributed by atoms with E-state index < -0.39 is 18.1 Å². The van der Waals surface area contributed by atoms with Gasteiger partial charge in [0.1, 0.15) is 12.4 Å². The molecule has 0 heterocycles. The number of aliphatic carboxylic acids is 1. The number of benzene rings is 1. The monoisotopic (exact) mass is 224 g/mol. The van der Waals surface area contributed by atoms with Crippen molar-refractivity contribution in [2.75, 3.05) is 0 Å². The van der Waals surface area contributed by atoms with Crippen molar-refractivity contribution in [3.63, 3.8) is 0 Å². The van der Waals surface area contributed by atoms with Crippen LogP contribution in [0.1, 0.15) is 30.4 Å². The third kappa shape index (κ3) is 1.45. The maximum Gasteiger partial charge on any atom is 0.314 e. The first-order chi connectivity index (χ1) is 7.60. The molecular weight excluding hydrogens is 211 g/mol. The van der Waals surface area contributed by atoms with E-state index in [1.54, 1.807) is 0 Å². The summed E-state index contributed by atoms with van der Waals surface area (Å²) in [5.41, 5.74) is -0.253. The SMILES string of the molecule is O=C(O)C1(c2cc(CF)ccc2O)CCC1. The fourth-order valence-corrected chi connectivity index (χ4v) is 2.18. The molecule has 2 N–H and O–H groups in total. The molecule has 0 bridgehead atoms. The number of carboxylic acids is 1. The lowest BCUT2D eigenvalue weighted by molar-refractivity contribution is -0.147. The minimum Gasteiger partial charge on any atom is -0.508 e. The molecule has 1 fully saturated rings. The molecule has 0 saturated heterocycles. The van der Waals surface area contributed by atoms with E-state index in [0.29, 0.717) is 24.0 Å². The second-order valence-electron chi connectivity index (χ2n) is 4.23. The van der Waals surface area contributed by atoms with Crippen LogP contribution in [0.4, 0.5) is 4.39 Å². The van der Waals surface area contributed by atoms with Crippen molar-refractivity contribution < 1.29 is 19.4 Å². The first-order valence-electron chi connectivity index (χ1n) is 5.22. The Balaban J connectivity index is 2.49. The van der Waals surface area contributed by atoms with E-state index in [1.165, 1.54) is 18.2 Å². The Morgan fingerprint density at radius 2 is 2.12 bits per heavy atom. The van der Waals surface area contributed by atoms with E-state index in [-0.39, 0.29) is 5.75 Å². The van der Waals surface area contributed by atoms with Gasteiger partial charge in [-0.05, 0) is 30.5 Å². The Morgan fingerprint density at radius 3 is 2.56 bits per heavy atom. The van der Waals surface area contributed by atoms with Gasteiger partial charge in [-0.25, -0.2) is 4.39 Å². The molecule has 3 nitrogen and oxygen atoms in total. The molecule has 1 aliphatic rings. The van der Waals surface area contributed by atoms with Gasteiger partial charge in [-0.1, -0.05) is 12.5 Å². The average molecular weight is 224 g/mol. The summed E-state index contributed by atoms with van der Waals surface area (Å²) < 4.78 is 12.5. The number of phenolic OH excluding ortho intramolecular Hbond substituents is 1. The smallest absolute Gasteiger partial charge is 0.314 e. The van der Waals surface area contributed by atoms with Crippen molar-refractivity contribution in [3.8, 4) is 5.75 Å². The third-order valence-electron chi connectivity index (χ3n) is 3.35. The fourth-order valence-electron chi connectivity index (χ4n) is 2.18. The molecule has 1 aromatic rings. The lowest BCUT2D eigenvalue weighted by atomic mass is 9.64. The summed E-state index contributed by atoms with van der Waals surface area (Å²) >= 11 is 0. The molecule has 0 radical (unpaired) electrons. The number of hydrogen-bond acceptors (Lipinski definition) is 2. The second-order valence-corrected chi connectivity index (χ2v) is 4.23. The van der Waals surface area contributed by atoms with Gasteiger partial charge in [0.2, 0.25) is 0 Å². The summed E-state index contributed by atoms with van der Waals surface area (Å²) in [4.78, 5) is 11.3. The minimum atomic E-state index is -1.00. The summed E-state index contributed by atoms with van der Waals surface area (Å²) in [5.74, 6) is -0.996. The molecule has 2 rings (SSSR count). The normalized spacial score (nSPS) is 17.8. The third-order valence-corrected chi connectivity index (χ3v) is 3.35. The average Bonchev–Trinajstić information content (AvgIpc) is 2.18. The Labute approximate surface area is 92.5 Å². The lowest BCUT2D eigenvalue weighted by Crippen LogP contribution is -2.42. The largest absolute Gasteiger partial charge is 0.508 e. The van der Waals surface area contributed by atoms with Gasteiger partial charge in [0, 0.05) is 5.56 Å². The number of halogens is 1. The molecule has 0 atom stereocenters. The van der Waals surface area contributed by atoms with Crippen molar-refractivity contribution in [2.24, 2.45) is 0 Å². The number of phenols is 1. The number of hydrogen-bond donors (Lipinski definition) is 2. The van der Waals surface area contributed by atoms with E-state index in [2.05, 4.69) is 0 Å². The molecule has 0 amide bonds. The fraction of sp³-hybridized carbons (Fsp3) is 0.417. The maximum atomic E-state index is 12.5. The van der Waals surface area contributed by atoms with Gasteiger partial charge < -0.3 is 10.2 Å². The van der Waals surface area contributed by atoms with Gasteiger partial charge in [-0.3, -0.25) is 4.79 Å². The first kappa shape index (κ1) is 10.9. The minimum absolute atomic E-state index is 0.0562. The van der Waals surface area contributed by atoms with Crippen molar-refractivity contribution in [1.29, 1.82) is 0 Å². The zero-order valence-corrected chi connectivity index (χ0v) is 8.74. The molecule has 1 saturated carbocycles. The Kier molecular flexibility index (Phi) is 2.58. The van der Waals surface area contributed by atoms with Gasteiger partial charge >= 0.3 is 5.97 Å². The molecule has 4 heteroatoms. The standard InChI is InChI=1S/C12H13FO3/c13-7-8-2-3-10(14)9(6-8)12(11(15)16)4-1-5-12/h2-3,6,14H,1,4-5,7H2,(H,15,16). The van der Waals surface area contributed by atoms with Crippen molar-refractivity contribution in [1.82, 2.24) is 0 Å². The van der Waals surface area contributed by atoms with Gasteiger partial charge in [0.25, 0.3) is 0 Å². The Bertz CT molecular complexity index is 424. The molecule has 1 aliphatic carbocycles. The van der Waals surface area contributed by atoms with Crippen molar-refractivity contribution in [3.05, 3.63) is 29.3 Å². The van der Waals surface area contributed by atoms with Crippen LogP contribution < -0.4 is 0 Å². The van der Waals surface area contributed by atoms with Crippen LogP contribution in [0.2, 0.25) is 0 Å². The van der Waals surface area contributed by atoms with Crippen LogP contribution in [0.5, 0.6) is 5.75 Å². The molecule has 1 aromatic carbocycles. The van der Waals surface area contributed by atoms with Crippen LogP contribution in [0.25, 0.3) is 0 Å². The molecular formula is C12H13FO3. The summed E-state index contributed by atoms with van der Waals surface area (Å²) in [6.07, 6.45) is 1.84. The van der Waals surface area contributed by atoms with E-state index in [1.807, 2.05) is 0 Å². The van der Waals surface area contributed by atoms with Crippen LogP contribution in [0.15, 0.2) is 18.2 Å². The van der Waals surface area contributed by atoms with Crippen LogP contribution in [-0.4, -0.2) is 16.2 Å². The van der Waals surface area contributed by atoms with Gasteiger partial charge in [-0.2, -0.15) is 0 Å². The van der Waals surface area contributed by atoms with E-state index in [4.69, 9.17) is 0 Å².